The van der Waals surface area contributed by atoms with Crippen molar-refractivity contribution in [3.8, 4) is 5.75 Å². The van der Waals surface area contributed by atoms with Crippen molar-refractivity contribution in [1.82, 2.24) is 4.57 Å². The van der Waals surface area contributed by atoms with E-state index in [2.05, 4.69) is 0 Å². The first-order valence-corrected chi connectivity index (χ1v) is 7.09. The van der Waals surface area contributed by atoms with Crippen LogP contribution in [0.4, 0.5) is 0 Å². The van der Waals surface area contributed by atoms with E-state index in [1.807, 2.05) is 18.2 Å². The summed E-state index contributed by atoms with van der Waals surface area (Å²) in [4.78, 5) is 24.3. The van der Waals surface area contributed by atoms with Crippen LogP contribution < -0.4 is 10.3 Å². The zero-order valence-electron chi connectivity index (χ0n) is 12.5. The van der Waals surface area contributed by atoms with Crippen LogP contribution in [0.3, 0.4) is 0 Å². The van der Waals surface area contributed by atoms with E-state index in [1.54, 1.807) is 37.4 Å². The van der Waals surface area contributed by atoms with Crippen molar-refractivity contribution >= 4 is 16.7 Å². The Hall–Kier alpha value is -3.08. The maximum atomic E-state index is 12.7. The number of hydrogen-bond donors (Lipinski definition) is 1. The van der Waals surface area contributed by atoms with Gasteiger partial charge in [0.2, 0.25) is 0 Å². The summed E-state index contributed by atoms with van der Waals surface area (Å²) in [5.74, 6) is -0.522. The molecule has 1 N–H and O–H groups in total. The van der Waals surface area contributed by atoms with Gasteiger partial charge in [-0.2, -0.15) is 0 Å². The minimum Gasteiger partial charge on any atom is -0.496 e. The number of aromatic carboxylic acids is 1. The number of aromatic nitrogens is 1. The van der Waals surface area contributed by atoms with Crippen molar-refractivity contribution in [2.45, 2.75) is 6.54 Å². The predicted octanol–water partition coefficient (Wildman–Crippen LogP) is 2.76. The van der Waals surface area contributed by atoms with Crippen molar-refractivity contribution in [3.05, 3.63) is 76.2 Å². The lowest BCUT2D eigenvalue weighted by atomic mass is 10.1. The molecule has 1 aromatic heterocycles. The van der Waals surface area contributed by atoms with E-state index in [0.717, 1.165) is 5.56 Å². The lowest BCUT2D eigenvalue weighted by Gasteiger charge is -2.14. The highest BCUT2D eigenvalue weighted by molar-refractivity contribution is 5.92. The molecular formula is C18H15NO4. The third-order valence-electron chi connectivity index (χ3n) is 3.76. The SMILES string of the molecule is COc1ccccc1Cn1c(C(=O)O)cc2ccccc2c1=O. The molecule has 2 aromatic carbocycles. The second kappa shape index (κ2) is 5.96. The number of pyridine rings is 1. The molecule has 0 spiro atoms. The first-order chi connectivity index (χ1) is 11.1. The molecule has 0 saturated heterocycles. The lowest BCUT2D eigenvalue weighted by molar-refractivity contribution is 0.0684. The fourth-order valence-corrected chi connectivity index (χ4v) is 2.64. The molecular weight excluding hydrogens is 294 g/mol. The number of nitrogens with zero attached hydrogens (tertiary/aromatic N) is 1. The number of rotatable bonds is 4. The fourth-order valence-electron chi connectivity index (χ4n) is 2.64. The number of hydrogen-bond acceptors (Lipinski definition) is 3. The summed E-state index contributed by atoms with van der Waals surface area (Å²) in [5, 5.41) is 10.6. The highest BCUT2D eigenvalue weighted by Gasteiger charge is 2.16. The van der Waals surface area contributed by atoms with Gasteiger partial charge in [-0.1, -0.05) is 36.4 Å². The van der Waals surface area contributed by atoms with Gasteiger partial charge >= 0.3 is 5.97 Å². The molecule has 0 aliphatic heterocycles. The first-order valence-electron chi connectivity index (χ1n) is 7.09. The Morgan fingerprint density at radius 2 is 1.83 bits per heavy atom. The Kier molecular flexibility index (Phi) is 3.85. The maximum Gasteiger partial charge on any atom is 0.352 e. The molecule has 5 nitrogen and oxygen atoms in total. The normalized spacial score (nSPS) is 10.7. The summed E-state index contributed by atoms with van der Waals surface area (Å²) in [5.41, 5.74) is 0.376. The number of carbonyl (C=O) groups is 1. The number of ether oxygens (including phenoxy) is 1. The van der Waals surface area contributed by atoms with Gasteiger partial charge in [-0.15, -0.1) is 0 Å². The zero-order chi connectivity index (χ0) is 16.4. The highest BCUT2D eigenvalue weighted by atomic mass is 16.5. The van der Waals surface area contributed by atoms with Crippen LogP contribution >= 0.6 is 0 Å². The molecule has 0 saturated carbocycles. The number of methoxy groups -OCH3 is 1. The summed E-state index contributed by atoms with van der Waals surface area (Å²) in [7, 11) is 1.54. The average molecular weight is 309 g/mol. The van der Waals surface area contributed by atoms with E-state index >= 15 is 0 Å². The molecule has 0 radical (unpaired) electrons. The molecule has 0 unspecified atom stereocenters. The van der Waals surface area contributed by atoms with Crippen LogP contribution in [0.15, 0.2) is 59.4 Å². The number of fused-ring (bicyclic) bond motifs is 1. The number of carboxylic acids is 1. The van der Waals surface area contributed by atoms with Crippen molar-refractivity contribution in [2.75, 3.05) is 7.11 Å². The van der Waals surface area contributed by atoms with E-state index in [0.29, 0.717) is 16.5 Å². The van der Waals surface area contributed by atoms with Crippen LogP contribution in [-0.2, 0) is 6.54 Å². The molecule has 0 amide bonds. The van der Waals surface area contributed by atoms with Crippen molar-refractivity contribution in [3.63, 3.8) is 0 Å². The molecule has 5 heteroatoms. The molecule has 3 rings (SSSR count). The summed E-state index contributed by atoms with van der Waals surface area (Å²) in [6.07, 6.45) is 0. The largest absolute Gasteiger partial charge is 0.496 e. The minimum atomic E-state index is -1.14. The first kappa shape index (κ1) is 14.8. The molecule has 0 fully saturated rings. The third-order valence-corrected chi connectivity index (χ3v) is 3.76. The molecule has 0 bridgehead atoms. The Morgan fingerprint density at radius 1 is 1.13 bits per heavy atom. The van der Waals surface area contributed by atoms with Gasteiger partial charge in [0, 0.05) is 10.9 Å². The van der Waals surface area contributed by atoms with E-state index in [4.69, 9.17) is 4.74 Å². The average Bonchev–Trinajstić information content (AvgIpc) is 2.57. The summed E-state index contributed by atoms with van der Waals surface area (Å²) in [6, 6.07) is 15.7. The second-order valence-corrected chi connectivity index (χ2v) is 5.13. The molecule has 0 aliphatic carbocycles. The number of para-hydroxylation sites is 1. The quantitative estimate of drug-likeness (QED) is 0.804. The van der Waals surface area contributed by atoms with Crippen LogP contribution in [0.2, 0.25) is 0 Å². The van der Waals surface area contributed by atoms with Crippen molar-refractivity contribution in [1.29, 1.82) is 0 Å². The molecule has 1 heterocycles. The van der Waals surface area contributed by atoms with Gasteiger partial charge in [-0.3, -0.25) is 9.36 Å². The van der Waals surface area contributed by atoms with Crippen LogP contribution in [-0.4, -0.2) is 22.8 Å². The highest BCUT2D eigenvalue weighted by Crippen LogP contribution is 2.20. The fraction of sp³-hybridized carbons (Fsp3) is 0.111. The maximum absolute atomic E-state index is 12.7. The molecule has 3 aromatic rings. The van der Waals surface area contributed by atoms with Gasteiger partial charge < -0.3 is 9.84 Å². The Balaban J connectivity index is 2.23. The molecule has 116 valence electrons. The standard InChI is InChI=1S/C18H15NO4/c1-23-16-9-5-3-7-13(16)11-19-15(18(21)22)10-12-6-2-4-8-14(12)17(19)20/h2-10H,11H2,1H3,(H,21,22). The van der Waals surface area contributed by atoms with Crippen LogP contribution in [0, 0.1) is 0 Å². The van der Waals surface area contributed by atoms with E-state index < -0.39 is 5.97 Å². The van der Waals surface area contributed by atoms with E-state index in [1.165, 1.54) is 10.6 Å². The molecule has 23 heavy (non-hydrogen) atoms. The Bertz CT molecular complexity index is 943. The van der Waals surface area contributed by atoms with Crippen LogP contribution in [0.1, 0.15) is 16.1 Å². The Labute approximate surface area is 132 Å². The summed E-state index contributed by atoms with van der Waals surface area (Å²) in [6.45, 7) is 0.134. The topological polar surface area (TPSA) is 68.5 Å². The third kappa shape index (κ3) is 2.68. The van der Waals surface area contributed by atoms with Crippen LogP contribution in [0.5, 0.6) is 5.75 Å². The smallest absolute Gasteiger partial charge is 0.352 e. The van der Waals surface area contributed by atoms with Crippen molar-refractivity contribution < 1.29 is 14.6 Å². The van der Waals surface area contributed by atoms with Gasteiger partial charge in [0.25, 0.3) is 5.56 Å². The summed E-state index contributed by atoms with van der Waals surface area (Å²) >= 11 is 0. The molecule has 0 aliphatic rings. The Morgan fingerprint density at radius 3 is 2.57 bits per heavy atom. The van der Waals surface area contributed by atoms with Gasteiger partial charge in [0.05, 0.1) is 13.7 Å². The van der Waals surface area contributed by atoms with Gasteiger partial charge in [-0.05, 0) is 23.6 Å². The second-order valence-electron chi connectivity index (χ2n) is 5.13. The monoisotopic (exact) mass is 309 g/mol. The van der Waals surface area contributed by atoms with Crippen LogP contribution in [0.25, 0.3) is 10.8 Å². The van der Waals surface area contributed by atoms with E-state index in [-0.39, 0.29) is 17.8 Å². The number of carboxylic acid groups (broad SMARTS) is 1. The van der Waals surface area contributed by atoms with Gasteiger partial charge in [-0.25, -0.2) is 4.79 Å². The summed E-state index contributed by atoms with van der Waals surface area (Å²) < 4.78 is 6.55. The van der Waals surface area contributed by atoms with Gasteiger partial charge in [0.1, 0.15) is 11.4 Å². The lowest BCUT2D eigenvalue weighted by Crippen LogP contribution is -2.26. The van der Waals surface area contributed by atoms with Gasteiger partial charge in [0.15, 0.2) is 0 Å². The van der Waals surface area contributed by atoms with E-state index in [9.17, 15) is 14.7 Å². The molecule has 0 atom stereocenters. The van der Waals surface area contributed by atoms with Crippen molar-refractivity contribution in [2.24, 2.45) is 0 Å². The minimum absolute atomic E-state index is 0.0420. The predicted molar refractivity (Wildman–Crippen MR) is 87.3 cm³/mol. The zero-order valence-corrected chi connectivity index (χ0v) is 12.5. The number of benzene rings is 2.